The van der Waals surface area contributed by atoms with E-state index in [0.29, 0.717) is 19.5 Å². The van der Waals surface area contributed by atoms with Gasteiger partial charge in [0.25, 0.3) is 0 Å². The van der Waals surface area contributed by atoms with Crippen LogP contribution in [-0.2, 0) is 20.7 Å². The maximum absolute atomic E-state index is 12.2. The van der Waals surface area contributed by atoms with Crippen molar-refractivity contribution in [2.45, 2.75) is 33.1 Å². The number of hydrogen-bond donors (Lipinski definition) is 0. The molecule has 1 unspecified atom stereocenters. The van der Waals surface area contributed by atoms with Crippen molar-refractivity contribution in [3.8, 4) is 0 Å². The normalized spacial score (nSPS) is 11.8. The van der Waals surface area contributed by atoms with Gasteiger partial charge >= 0.3 is 5.97 Å². The monoisotopic (exact) mass is 292 g/mol. The minimum atomic E-state index is -0.297. The Morgan fingerprint density at radius 3 is 2.71 bits per heavy atom. The zero-order valence-electron chi connectivity index (χ0n) is 13.0. The van der Waals surface area contributed by atoms with Gasteiger partial charge in [0.15, 0.2) is 0 Å². The summed E-state index contributed by atoms with van der Waals surface area (Å²) in [6, 6.07) is 5.78. The van der Waals surface area contributed by atoms with Gasteiger partial charge in [-0.15, -0.1) is 0 Å². The summed E-state index contributed by atoms with van der Waals surface area (Å²) >= 11 is 0. The van der Waals surface area contributed by atoms with Gasteiger partial charge in [-0.3, -0.25) is 14.6 Å². The summed E-state index contributed by atoms with van der Waals surface area (Å²) in [4.78, 5) is 29.5. The first-order chi connectivity index (χ1) is 10.1. The summed E-state index contributed by atoms with van der Waals surface area (Å²) in [6.45, 7) is 4.70. The van der Waals surface area contributed by atoms with Crippen LogP contribution in [0.1, 0.15) is 32.4 Å². The number of ether oxygens (including phenoxy) is 1. The average Bonchev–Trinajstić information content (AvgIpc) is 2.52. The molecular formula is C16H24N2O3. The molecule has 1 amide bonds. The molecule has 0 aliphatic heterocycles. The highest BCUT2D eigenvalue weighted by Crippen LogP contribution is 2.07. The van der Waals surface area contributed by atoms with Crippen molar-refractivity contribution in [3.63, 3.8) is 0 Å². The third kappa shape index (κ3) is 5.94. The van der Waals surface area contributed by atoms with Crippen molar-refractivity contribution < 1.29 is 14.3 Å². The van der Waals surface area contributed by atoms with Gasteiger partial charge in [-0.1, -0.05) is 13.0 Å². The molecule has 1 rings (SSSR count). The fraction of sp³-hybridized carbons (Fsp3) is 0.562. The molecule has 116 valence electrons. The Hall–Kier alpha value is -1.91. The van der Waals surface area contributed by atoms with Crippen molar-refractivity contribution in [1.29, 1.82) is 0 Å². The topological polar surface area (TPSA) is 59.5 Å². The molecule has 0 bridgehead atoms. The van der Waals surface area contributed by atoms with E-state index in [9.17, 15) is 9.59 Å². The molecule has 1 atom stereocenters. The van der Waals surface area contributed by atoms with E-state index >= 15 is 0 Å². The number of esters is 1. The van der Waals surface area contributed by atoms with E-state index in [1.807, 2.05) is 25.1 Å². The third-order valence-electron chi connectivity index (χ3n) is 3.38. The maximum Gasteiger partial charge on any atom is 0.310 e. The van der Waals surface area contributed by atoms with Crippen LogP contribution in [0.2, 0.25) is 0 Å². The Morgan fingerprint density at radius 1 is 1.38 bits per heavy atom. The predicted molar refractivity (Wildman–Crippen MR) is 80.6 cm³/mol. The number of pyridine rings is 1. The first-order valence-corrected chi connectivity index (χ1v) is 7.34. The van der Waals surface area contributed by atoms with Crippen molar-refractivity contribution in [2.24, 2.45) is 5.92 Å². The Morgan fingerprint density at radius 2 is 2.14 bits per heavy atom. The van der Waals surface area contributed by atoms with Crippen LogP contribution in [0.15, 0.2) is 24.4 Å². The number of aromatic nitrogens is 1. The van der Waals surface area contributed by atoms with Crippen LogP contribution in [-0.4, -0.2) is 42.0 Å². The molecule has 5 nitrogen and oxygen atoms in total. The number of amides is 1. The lowest BCUT2D eigenvalue weighted by atomic mass is 10.1. The summed E-state index contributed by atoms with van der Waals surface area (Å²) in [5.41, 5.74) is 0.997. The molecule has 0 saturated carbocycles. The molecule has 21 heavy (non-hydrogen) atoms. The molecule has 0 N–H and O–H groups in total. The van der Waals surface area contributed by atoms with E-state index < -0.39 is 0 Å². The van der Waals surface area contributed by atoms with Gasteiger partial charge in [-0.05, 0) is 31.9 Å². The number of carbonyl (C=O) groups excluding carboxylic acids is 2. The Labute approximate surface area is 126 Å². The standard InChI is InChI=1S/C16H24N2O3/c1-4-18(12-13(2)16(20)21-3)15(19)10-7-9-14-8-5-6-11-17-14/h5-6,8,11,13H,4,7,9-10,12H2,1-3H3. The van der Waals surface area contributed by atoms with Gasteiger partial charge in [0.2, 0.25) is 5.91 Å². The largest absolute Gasteiger partial charge is 0.469 e. The van der Waals surface area contributed by atoms with E-state index in [0.717, 1.165) is 18.5 Å². The molecule has 0 saturated heterocycles. The lowest BCUT2D eigenvalue weighted by Crippen LogP contribution is -2.37. The smallest absolute Gasteiger partial charge is 0.310 e. The second-order valence-corrected chi connectivity index (χ2v) is 5.03. The van der Waals surface area contributed by atoms with Crippen LogP contribution in [0.4, 0.5) is 0 Å². The lowest BCUT2D eigenvalue weighted by molar-refractivity contribution is -0.146. The number of methoxy groups -OCH3 is 1. The minimum absolute atomic E-state index is 0.0733. The van der Waals surface area contributed by atoms with Gasteiger partial charge in [0.05, 0.1) is 13.0 Å². The zero-order valence-corrected chi connectivity index (χ0v) is 13.0. The van der Waals surface area contributed by atoms with Gasteiger partial charge in [0, 0.05) is 31.4 Å². The van der Waals surface area contributed by atoms with Gasteiger partial charge in [-0.25, -0.2) is 0 Å². The molecule has 1 aromatic rings. The van der Waals surface area contributed by atoms with Crippen molar-refractivity contribution in [3.05, 3.63) is 30.1 Å². The molecule has 0 aliphatic rings. The minimum Gasteiger partial charge on any atom is -0.469 e. The highest BCUT2D eigenvalue weighted by molar-refractivity contribution is 5.77. The molecule has 0 aromatic carbocycles. The summed E-state index contributed by atoms with van der Waals surface area (Å²) in [5.74, 6) is -0.506. The molecular weight excluding hydrogens is 268 g/mol. The van der Waals surface area contributed by atoms with Crippen LogP contribution >= 0.6 is 0 Å². The molecule has 5 heteroatoms. The second-order valence-electron chi connectivity index (χ2n) is 5.03. The van der Waals surface area contributed by atoms with Gasteiger partial charge < -0.3 is 9.64 Å². The van der Waals surface area contributed by atoms with E-state index in [1.54, 1.807) is 18.0 Å². The first-order valence-electron chi connectivity index (χ1n) is 7.34. The number of rotatable bonds is 8. The molecule has 1 heterocycles. The number of nitrogens with zero attached hydrogens (tertiary/aromatic N) is 2. The molecule has 1 aromatic heterocycles. The highest BCUT2D eigenvalue weighted by atomic mass is 16.5. The van der Waals surface area contributed by atoms with Crippen LogP contribution in [0.25, 0.3) is 0 Å². The fourth-order valence-electron chi connectivity index (χ4n) is 2.14. The molecule has 0 fully saturated rings. The van der Waals surface area contributed by atoms with Crippen LogP contribution in [0.5, 0.6) is 0 Å². The summed E-state index contributed by atoms with van der Waals surface area (Å²) in [5, 5.41) is 0. The lowest BCUT2D eigenvalue weighted by Gasteiger charge is -2.23. The summed E-state index contributed by atoms with van der Waals surface area (Å²) in [6.07, 6.45) is 3.78. The zero-order chi connectivity index (χ0) is 15.7. The summed E-state index contributed by atoms with van der Waals surface area (Å²) in [7, 11) is 1.36. The SMILES string of the molecule is CCN(CC(C)C(=O)OC)C(=O)CCCc1ccccn1. The van der Waals surface area contributed by atoms with Crippen LogP contribution < -0.4 is 0 Å². The van der Waals surface area contributed by atoms with Gasteiger partial charge in [0.1, 0.15) is 0 Å². The van der Waals surface area contributed by atoms with Crippen LogP contribution in [0, 0.1) is 5.92 Å². The van der Waals surface area contributed by atoms with E-state index in [4.69, 9.17) is 4.74 Å². The highest BCUT2D eigenvalue weighted by Gasteiger charge is 2.20. The predicted octanol–water partition coefficient (Wildman–Crippen LogP) is 2.06. The fourth-order valence-corrected chi connectivity index (χ4v) is 2.14. The molecule has 0 spiro atoms. The second kappa shape index (κ2) is 9.10. The maximum atomic E-state index is 12.2. The van der Waals surface area contributed by atoms with Crippen molar-refractivity contribution in [1.82, 2.24) is 9.88 Å². The van der Waals surface area contributed by atoms with Gasteiger partial charge in [-0.2, -0.15) is 0 Å². The van der Waals surface area contributed by atoms with E-state index in [-0.39, 0.29) is 17.8 Å². The molecule has 0 aliphatic carbocycles. The Kier molecular flexibility index (Phi) is 7.43. The van der Waals surface area contributed by atoms with E-state index in [2.05, 4.69) is 4.98 Å². The third-order valence-corrected chi connectivity index (χ3v) is 3.38. The average molecular weight is 292 g/mol. The molecule has 0 radical (unpaired) electrons. The number of aryl methyl sites for hydroxylation is 1. The Bertz CT molecular complexity index is 448. The summed E-state index contributed by atoms with van der Waals surface area (Å²) < 4.78 is 4.69. The Balaban J connectivity index is 2.39. The van der Waals surface area contributed by atoms with Crippen molar-refractivity contribution >= 4 is 11.9 Å². The number of carbonyl (C=O) groups is 2. The van der Waals surface area contributed by atoms with Crippen molar-refractivity contribution in [2.75, 3.05) is 20.2 Å². The quantitative estimate of drug-likeness (QED) is 0.688. The first kappa shape index (κ1) is 17.1. The van der Waals surface area contributed by atoms with E-state index in [1.165, 1.54) is 7.11 Å². The van der Waals surface area contributed by atoms with Crippen LogP contribution in [0.3, 0.4) is 0 Å². The number of hydrogen-bond acceptors (Lipinski definition) is 4.